The molecule has 0 saturated carbocycles. The van der Waals surface area contributed by atoms with Gasteiger partial charge < -0.3 is 9.47 Å². The number of ketones is 1. The molecule has 0 N–H and O–H groups in total. The van der Waals surface area contributed by atoms with E-state index in [-0.39, 0.29) is 18.2 Å². The average Bonchev–Trinajstić information content (AvgIpc) is 2.72. The fraction of sp³-hybridized carbons (Fsp3) is 0.625. The molecule has 150 valence electrons. The largest absolute Gasteiger partial charge is 0.353 e. The molecule has 27 heavy (non-hydrogen) atoms. The monoisotopic (exact) mass is 372 g/mol. The van der Waals surface area contributed by atoms with Crippen LogP contribution in [0.1, 0.15) is 87.9 Å². The van der Waals surface area contributed by atoms with Crippen LogP contribution in [0.15, 0.2) is 42.5 Å². The van der Waals surface area contributed by atoms with E-state index in [1.807, 2.05) is 30.3 Å². The van der Waals surface area contributed by atoms with Crippen molar-refractivity contribution in [1.82, 2.24) is 0 Å². The quantitative estimate of drug-likeness (QED) is 0.226. The van der Waals surface area contributed by atoms with E-state index in [4.69, 9.17) is 9.47 Å². The summed E-state index contributed by atoms with van der Waals surface area (Å²) in [4.78, 5) is 12.2. The van der Waals surface area contributed by atoms with Crippen molar-refractivity contribution in [1.29, 1.82) is 0 Å². The first kappa shape index (κ1) is 21.8. The highest BCUT2D eigenvalue weighted by Gasteiger charge is 2.23. The van der Waals surface area contributed by atoms with Crippen LogP contribution in [0.5, 0.6) is 0 Å². The van der Waals surface area contributed by atoms with Crippen molar-refractivity contribution >= 4 is 5.78 Å². The average molecular weight is 373 g/mol. The summed E-state index contributed by atoms with van der Waals surface area (Å²) in [5, 5.41) is 0. The van der Waals surface area contributed by atoms with Crippen LogP contribution in [0.4, 0.5) is 0 Å². The van der Waals surface area contributed by atoms with Gasteiger partial charge in [0.1, 0.15) is 0 Å². The summed E-state index contributed by atoms with van der Waals surface area (Å²) in [5.74, 6) is 0.198. The lowest BCUT2D eigenvalue weighted by atomic mass is 10.0. The van der Waals surface area contributed by atoms with E-state index >= 15 is 0 Å². The minimum atomic E-state index is -0.121. The van der Waals surface area contributed by atoms with E-state index in [0.29, 0.717) is 6.42 Å². The maximum Gasteiger partial charge on any atom is 0.162 e. The first-order valence-corrected chi connectivity index (χ1v) is 10.8. The van der Waals surface area contributed by atoms with Crippen molar-refractivity contribution < 1.29 is 14.3 Å². The summed E-state index contributed by atoms with van der Waals surface area (Å²) >= 11 is 0. The highest BCUT2D eigenvalue weighted by atomic mass is 16.7. The van der Waals surface area contributed by atoms with Crippen molar-refractivity contribution in [2.45, 2.75) is 89.9 Å². The molecule has 1 aromatic rings. The molecule has 1 aliphatic heterocycles. The molecule has 0 amide bonds. The molecule has 0 bridgehead atoms. The minimum Gasteiger partial charge on any atom is -0.353 e. The fourth-order valence-electron chi connectivity index (χ4n) is 3.41. The smallest absolute Gasteiger partial charge is 0.162 e. The standard InChI is InChI=1S/C24H36O3/c1-2-3-4-5-6-7-8-9-13-16-24-26-20-19-22(27-24)17-18-23(25)21-14-11-10-12-15-21/h8-12,14-15,22,24H,2-7,13,16-20H2,1H3. The van der Waals surface area contributed by atoms with Crippen LogP contribution < -0.4 is 0 Å². The third-order valence-electron chi connectivity index (χ3n) is 5.09. The Morgan fingerprint density at radius 1 is 1.04 bits per heavy atom. The lowest BCUT2D eigenvalue weighted by molar-refractivity contribution is -0.215. The molecule has 2 rings (SSSR count). The van der Waals surface area contributed by atoms with Gasteiger partial charge in [-0.2, -0.15) is 0 Å². The zero-order valence-electron chi connectivity index (χ0n) is 16.9. The number of allylic oxidation sites excluding steroid dienone is 2. The lowest BCUT2D eigenvalue weighted by Gasteiger charge is -2.30. The van der Waals surface area contributed by atoms with Gasteiger partial charge in [0.05, 0.1) is 12.7 Å². The lowest BCUT2D eigenvalue weighted by Crippen LogP contribution is -2.32. The molecule has 1 aromatic carbocycles. The number of rotatable bonds is 13. The van der Waals surface area contributed by atoms with E-state index < -0.39 is 0 Å². The Kier molecular flexibility index (Phi) is 11.1. The number of carbonyl (C=O) groups excluding carboxylic acids is 1. The number of unbranched alkanes of at least 4 members (excludes halogenated alkanes) is 5. The summed E-state index contributed by atoms with van der Waals surface area (Å²) in [6.07, 6.45) is 16.5. The van der Waals surface area contributed by atoms with Gasteiger partial charge in [0.25, 0.3) is 0 Å². The van der Waals surface area contributed by atoms with Crippen molar-refractivity contribution in [2.24, 2.45) is 0 Å². The number of carbonyl (C=O) groups is 1. The van der Waals surface area contributed by atoms with Crippen molar-refractivity contribution in [3.63, 3.8) is 0 Å². The predicted molar refractivity (Wildman–Crippen MR) is 111 cm³/mol. The molecule has 1 heterocycles. The first-order valence-electron chi connectivity index (χ1n) is 10.8. The van der Waals surface area contributed by atoms with Crippen LogP contribution in [0.25, 0.3) is 0 Å². The topological polar surface area (TPSA) is 35.5 Å². The van der Waals surface area contributed by atoms with Gasteiger partial charge in [-0.3, -0.25) is 4.79 Å². The SMILES string of the molecule is CCCCCCCC=CCCC1OCCC(CCC(=O)c2ccccc2)O1. The maximum atomic E-state index is 12.2. The van der Waals surface area contributed by atoms with Crippen LogP contribution in [-0.2, 0) is 9.47 Å². The molecule has 2 unspecified atom stereocenters. The van der Waals surface area contributed by atoms with E-state index in [1.54, 1.807) is 0 Å². The Morgan fingerprint density at radius 2 is 1.81 bits per heavy atom. The van der Waals surface area contributed by atoms with Crippen LogP contribution in [0.3, 0.4) is 0 Å². The number of Topliss-reactive ketones (excluding diaryl/α,β-unsaturated/α-hetero) is 1. The number of benzene rings is 1. The van der Waals surface area contributed by atoms with Gasteiger partial charge >= 0.3 is 0 Å². The summed E-state index contributed by atoms with van der Waals surface area (Å²) in [6, 6.07) is 9.52. The van der Waals surface area contributed by atoms with Gasteiger partial charge in [0.2, 0.25) is 0 Å². The van der Waals surface area contributed by atoms with Crippen LogP contribution in [0.2, 0.25) is 0 Å². The highest BCUT2D eigenvalue weighted by molar-refractivity contribution is 5.95. The molecule has 2 atom stereocenters. The normalized spacial score (nSPS) is 20.2. The molecule has 1 fully saturated rings. The van der Waals surface area contributed by atoms with Crippen molar-refractivity contribution in [2.75, 3.05) is 6.61 Å². The fourth-order valence-corrected chi connectivity index (χ4v) is 3.41. The number of ether oxygens (including phenoxy) is 2. The van der Waals surface area contributed by atoms with Gasteiger partial charge in [-0.05, 0) is 32.1 Å². The summed E-state index contributed by atoms with van der Waals surface area (Å²) in [7, 11) is 0. The Bertz CT molecular complexity index is 538. The molecule has 1 saturated heterocycles. The summed E-state index contributed by atoms with van der Waals surface area (Å²) in [5.41, 5.74) is 0.793. The highest BCUT2D eigenvalue weighted by Crippen LogP contribution is 2.21. The summed E-state index contributed by atoms with van der Waals surface area (Å²) < 4.78 is 11.8. The molecule has 0 spiro atoms. The first-order chi connectivity index (χ1) is 13.3. The molecule has 0 aliphatic carbocycles. The third-order valence-corrected chi connectivity index (χ3v) is 5.09. The Balaban J connectivity index is 1.56. The van der Waals surface area contributed by atoms with E-state index in [2.05, 4.69) is 19.1 Å². The maximum absolute atomic E-state index is 12.2. The molecule has 0 radical (unpaired) electrons. The second-order valence-electron chi connectivity index (χ2n) is 7.43. The Labute approximate surface area is 165 Å². The Hall–Kier alpha value is -1.45. The van der Waals surface area contributed by atoms with E-state index in [1.165, 1.54) is 38.5 Å². The summed E-state index contributed by atoms with van der Waals surface area (Å²) in [6.45, 7) is 2.98. The Morgan fingerprint density at radius 3 is 2.63 bits per heavy atom. The van der Waals surface area contributed by atoms with Crippen LogP contribution in [0, 0.1) is 0 Å². The van der Waals surface area contributed by atoms with E-state index in [9.17, 15) is 4.79 Å². The van der Waals surface area contributed by atoms with E-state index in [0.717, 1.165) is 37.9 Å². The predicted octanol–water partition coefficient (Wildman–Crippen LogP) is 6.48. The van der Waals surface area contributed by atoms with Gasteiger partial charge in [-0.1, -0.05) is 75.1 Å². The second kappa shape index (κ2) is 13.7. The molecule has 3 nitrogen and oxygen atoms in total. The van der Waals surface area contributed by atoms with Crippen molar-refractivity contribution in [3.05, 3.63) is 48.0 Å². The number of hydrogen-bond acceptors (Lipinski definition) is 3. The third kappa shape index (κ3) is 9.34. The minimum absolute atomic E-state index is 0.121. The van der Waals surface area contributed by atoms with Crippen LogP contribution >= 0.6 is 0 Å². The van der Waals surface area contributed by atoms with Gasteiger partial charge in [0.15, 0.2) is 12.1 Å². The molecule has 0 aromatic heterocycles. The van der Waals surface area contributed by atoms with Gasteiger partial charge in [0, 0.05) is 18.4 Å². The molecular formula is C24H36O3. The zero-order valence-corrected chi connectivity index (χ0v) is 16.9. The number of hydrogen-bond donors (Lipinski definition) is 0. The molecular weight excluding hydrogens is 336 g/mol. The van der Waals surface area contributed by atoms with Gasteiger partial charge in [-0.15, -0.1) is 0 Å². The van der Waals surface area contributed by atoms with Crippen LogP contribution in [-0.4, -0.2) is 24.8 Å². The molecule has 3 heteroatoms. The second-order valence-corrected chi connectivity index (χ2v) is 7.43. The van der Waals surface area contributed by atoms with Crippen molar-refractivity contribution in [3.8, 4) is 0 Å². The van der Waals surface area contributed by atoms with Gasteiger partial charge in [-0.25, -0.2) is 0 Å². The zero-order chi connectivity index (χ0) is 19.2. The molecule has 1 aliphatic rings.